The lowest BCUT2D eigenvalue weighted by Gasteiger charge is -2.10. The second-order valence-corrected chi connectivity index (χ2v) is 4.11. The molecule has 0 aliphatic heterocycles. The zero-order valence-corrected chi connectivity index (χ0v) is 9.06. The molecule has 1 unspecified atom stereocenters. The van der Waals surface area contributed by atoms with Gasteiger partial charge in [0.05, 0.1) is 0 Å². The highest BCUT2D eigenvalue weighted by atomic mass is 79.9. The monoisotopic (exact) mass is 227 g/mol. The van der Waals surface area contributed by atoms with E-state index < -0.39 is 0 Å². The zero-order valence-electron chi connectivity index (χ0n) is 7.47. The minimum Gasteiger partial charge on any atom is -0.330 e. The van der Waals surface area contributed by atoms with Crippen LogP contribution in [0.4, 0.5) is 0 Å². The normalized spacial score (nSPS) is 13.0. The van der Waals surface area contributed by atoms with E-state index in [2.05, 4.69) is 48.0 Å². The Morgan fingerprint density at radius 2 is 2.08 bits per heavy atom. The van der Waals surface area contributed by atoms with Gasteiger partial charge >= 0.3 is 0 Å². The Balaban J connectivity index is 3.00. The molecule has 2 heteroatoms. The van der Waals surface area contributed by atoms with Gasteiger partial charge in [-0.15, -0.1) is 0 Å². The lowest BCUT2D eigenvalue weighted by atomic mass is 10.00. The maximum atomic E-state index is 5.59. The number of aryl methyl sites for hydroxylation is 1. The maximum absolute atomic E-state index is 5.59. The third kappa shape index (κ3) is 2.32. The highest BCUT2D eigenvalue weighted by Crippen LogP contribution is 2.20. The Bertz CT molecular complexity index is 250. The number of nitrogens with two attached hydrogens (primary N) is 1. The lowest BCUT2D eigenvalue weighted by Crippen LogP contribution is -2.08. The molecule has 0 saturated carbocycles. The van der Waals surface area contributed by atoms with Crippen molar-refractivity contribution in [3.8, 4) is 0 Å². The van der Waals surface area contributed by atoms with Crippen LogP contribution in [0.15, 0.2) is 22.7 Å². The van der Waals surface area contributed by atoms with Crippen LogP contribution in [0.2, 0.25) is 0 Å². The van der Waals surface area contributed by atoms with Crippen molar-refractivity contribution in [2.75, 3.05) is 6.54 Å². The molecule has 0 heterocycles. The van der Waals surface area contributed by atoms with E-state index in [1.54, 1.807) is 0 Å². The SMILES string of the molecule is Cc1cc(Br)cc(C(C)CN)c1. The van der Waals surface area contributed by atoms with Crippen LogP contribution in [0.25, 0.3) is 0 Å². The molecule has 0 aliphatic rings. The van der Waals surface area contributed by atoms with Gasteiger partial charge in [0.2, 0.25) is 0 Å². The highest BCUT2D eigenvalue weighted by Gasteiger charge is 2.03. The molecular formula is C10H14BrN. The molecule has 0 fully saturated rings. The summed E-state index contributed by atoms with van der Waals surface area (Å²) in [7, 11) is 0. The fourth-order valence-electron chi connectivity index (χ4n) is 1.19. The summed E-state index contributed by atoms with van der Waals surface area (Å²) in [6.07, 6.45) is 0. The standard InChI is InChI=1S/C10H14BrN/c1-7-3-9(8(2)6-12)5-10(11)4-7/h3-5,8H,6,12H2,1-2H3. The fraction of sp³-hybridized carbons (Fsp3) is 0.400. The average molecular weight is 228 g/mol. The largest absolute Gasteiger partial charge is 0.330 e. The first-order chi connectivity index (χ1) is 5.63. The van der Waals surface area contributed by atoms with Crippen LogP contribution in [-0.4, -0.2) is 6.54 Å². The van der Waals surface area contributed by atoms with Crippen LogP contribution in [0.1, 0.15) is 24.0 Å². The van der Waals surface area contributed by atoms with Crippen molar-refractivity contribution in [1.29, 1.82) is 0 Å². The Hall–Kier alpha value is -0.340. The topological polar surface area (TPSA) is 26.0 Å². The lowest BCUT2D eigenvalue weighted by molar-refractivity contribution is 0.772. The molecule has 0 amide bonds. The molecule has 0 aliphatic carbocycles. The van der Waals surface area contributed by atoms with E-state index in [4.69, 9.17) is 5.73 Å². The average Bonchev–Trinajstić information content (AvgIpc) is 2.01. The Kier molecular flexibility index (Phi) is 3.29. The first kappa shape index (κ1) is 9.75. The third-order valence-corrected chi connectivity index (χ3v) is 2.44. The van der Waals surface area contributed by atoms with Crippen LogP contribution < -0.4 is 5.73 Å². The van der Waals surface area contributed by atoms with E-state index >= 15 is 0 Å². The molecule has 1 aromatic rings. The van der Waals surface area contributed by atoms with Crippen molar-refractivity contribution in [3.63, 3.8) is 0 Å². The van der Waals surface area contributed by atoms with E-state index in [1.165, 1.54) is 11.1 Å². The molecule has 12 heavy (non-hydrogen) atoms. The second-order valence-electron chi connectivity index (χ2n) is 3.20. The first-order valence-electron chi connectivity index (χ1n) is 4.10. The molecule has 66 valence electrons. The minimum atomic E-state index is 0.446. The number of rotatable bonds is 2. The van der Waals surface area contributed by atoms with Crippen molar-refractivity contribution in [3.05, 3.63) is 33.8 Å². The molecule has 1 aromatic carbocycles. The fourth-order valence-corrected chi connectivity index (χ4v) is 1.81. The quantitative estimate of drug-likeness (QED) is 0.827. The van der Waals surface area contributed by atoms with E-state index in [0.717, 1.165) is 4.47 Å². The van der Waals surface area contributed by atoms with Crippen LogP contribution in [0.5, 0.6) is 0 Å². The van der Waals surface area contributed by atoms with Gasteiger partial charge < -0.3 is 5.73 Å². The molecule has 1 atom stereocenters. The molecule has 0 spiro atoms. The van der Waals surface area contributed by atoms with Crippen LogP contribution in [0.3, 0.4) is 0 Å². The van der Waals surface area contributed by atoms with Gasteiger partial charge in [0.1, 0.15) is 0 Å². The predicted molar refractivity (Wildman–Crippen MR) is 56.3 cm³/mol. The van der Waals surface area contributed by atoms with Crippen LogP contribution in [-0.2, 0) is 0 Å². The zero-order chi connectivity index (χ0) is 9.14. The summed E-state index contributed by atoms with van der Waals surface area (Å²) < 4.78 is 1.14. The van der Waals surface area contributed by atoms with Gasteiger partial charge in [-0.1, -0.05) is 28.9 Å². The van der Waals surface area contributed by atoms with Gasteiger partial charge in [-0.3, -0.25) is 0 Å². The summed E-state index contributed by atoms with van der Waals surface area (Å²) in [5, 5.41) is 0. The van der Waals surface area contributed by atoms with Gasteiger partial charge in [0.15, 0.2) is 0 Å². The van der Waals surface area contributed by atoms with Gasteiger partial charge in [-0.05, 0) is 42.6 Å². The maximum Gasteiger partial charge on any atom is 0.0180 e. The van der Waals surface area contributed by atoms with Gasteiger partial charge in [-0.25, -0.2) is 0 Å². The van der Waals surface area contributed by atoms with Crippen molar-refractivity contribution in [2.24, 2.45) is 5.73 Å². The summed E-state index contributed by atoms with van der Waals surface area (Å²) in [6, 6.07) is 6.42. The van der Waals surface area contributed by atoms with Crippen LogP contribution in [0, 0.1) is 6.92 Å². The Morgan fingerprint density at radius 1 is 1.42 bits per heavy atom. The summed E-state index contributed by atoms with van der Waals surface area (Å²) in [6.45, 7) is 4.94. The molecule has 0 aromatic heterocycles. The van der Waals surface area contributed by atoms with Crippen molar-refractivity contribution < 1.29 is 0 Å². The highest BCUT2D eigenvalue weighted by molar-refractivity contribution is 9.10. The molecule has 1 rings (SSSR count). The third-order valence-electron chi connectivity index (χ3n) is 1.99. The molecule has 1 nitrogen and oxygen atoms in total. The summed E-state index contributed by atoms with van der Waals surface area (Å²) in [4.78, 5) is 0. The molecular weight excluding hydrogens is 214 g/mol. The van der Waals surface area contributed by atoms with Gasteiger partial charge in [-0.2, -0.15) is 0 Å². The number of benzene rings is 1. The predicted octanol–water partition coefficient (Wildman–Crippen LogP) is 2.82. The Labute approximate surface area is 82.1 Å². The number of halogens is 1. The van der Waals surface area contributed by atoms with Crippen molar-refractivity contribution in [1.82, 2.24) is 0 Å². The second kappa shape index (κ2) is 4.06. The Morgan fingerprint density at radius 3 is 2.58 bits per heavy atom. The molecule has 2 N–H and O–H groups in total. The van der Waals surface area contributed by atoms with Crippen LogP contribution >= 0.6 is 15.9 Å². The van der Waals surface area contributed by atoms with Crippen molar-refractivity contribution in [2.45, 2.75) is 19.8 Å². The molecule has 0 bridgehead atoms. The van der Waals surface area contributed by atoms with Gasteiger partial charge in [0.25, 0.3) is 0 Å². The van der Waals surface area contributed by atoms with E-state index in [-0.39, 0.29) is 0 Å². The summed E-state index contributed by atoms with van der Waals surface area (Å²) in [5.41, 5.74) is 8.18. The van der Waals surface area contributed by atoms with E-state index in [0.29, 0.717) is 12.5 Å². The van der Waals surface area contributed by atoms with E-state index in [9.17, 15) is 0 Å². The van der Waals surface area contributed by atoms with E-state index in [1.807, 2.05) is 0 Å². The number of hydrogen-bond acceptors (Lipinski definition) is 1. The molecule has 0 saturated heterocycles. The summed E-state index contributed by atoms with van der Waals surface area (Å²) in [5.74, 6) is 0.446. The van der Waals surface area contributed by atoms with Crippen molar-refractivity contribution >= 4 is 15.9 Å². The summed E-state index contributed by atoms with van der Waals surface area (Å²) >= 11 is 3.47. The first-order valence-corrected chi connectivity index (χ1v) is 4.90. The van der Waals surface area contributed by atoms with Gasteiger partial charge in [0, 0.05) is 4.47 Å². The smallest absolute Gasteiger partial charge is 0.0180 e. The number of hydrogen-bond donors (Lipinski definition) is 1. The molecule has 0 radical (unpaired) electrons. The minimum absolute atomic E-state index is 0.446.